The Morgan fingerprint density at radius 2 is 2.12 bits per heavy atom. The van der Waals surface area contributed by atoms with Crippen molar-refractivity contribution >= 4 is 5.91 Å². The molecule has 1 aliphatic heterocycles. The van der Waals surface area contributed by atoms with E-state index < -0.39 is 0 Å². The summed E-state index contributed by atoms with van der Waals surface area (Å²) in [6.07, 6.45) is 3.37. The average molecular weight is 342 g/mol. The van der Waals surface area contributed by atoms with Crippen molar-refractivity contribution in [1.82, 2.24) is 20.0 Å². The molecule has 1 atom stereocenters. The van der Waals surface area contributed by atoms with E-state index in [-0.39, 0.29) is 18.6 Å². The second-order valence-electron chi connectivity index (χ2n) is 6.53. The van der Waals surface area contributed by atoms with Crippen LogP contribution in [0.1, 0.15) is 29.8 Å². The Morgan fingerprint density at radius 3 is 2.88 bits per heavy atom. The number of likely N-dealkylation sites (tertiary alicyclic amines) is 1. The normalized spacial score (nSPS) is 18.2. The van der Waals surface area contributed by atoms with Gasteiger partial charge >= 0.3 is 0 Å². The Bertz CT molecular complexity index is 699. The van der Waals surface area contributed by atoms with Gasteiger partial charge in [-0.05, 0) is 25.5 Å². The zero-order valence-corrected chi connectivity index (χ0v) is 14.7. The number of benzene rings is 1. The molecular weight excluding hydrogens is 316 g/mol. The first-order valence-electron chi connectivity index (χ1n) is 8.91. The molecule has 0 saturated carbocycles. The van der Waals surface area contributed by atoms with E-state index in [9.17, 15) is 9.90 Å². The second kappa shape index (κ2) is 8.27. The Labute approximate surface area is 148 Å². The minimum absolute atomic E-state index is 0.116. The van der Waals surface area contributed by atoms with Gasteiger partial charge < -0.3 is 10.4 Å². The summed E-state index contributed by atoms with van der Waals surface area (Å²) < 4.78 is 1.62. The monoisotopic (exact) mass is 342 g/mol. The average Bonchev–Trinajstić information content (AvgIpc) is 3.04. The minimum atomic E-state index is -0.116. The van der Waals surface area contributed by atoms with Gasteiger partial charge in [-0.2, -0.15) is 5.10 Å². The summed E-state index contributed by atoms with van der Waals surface area (Å²) in [4.78, 5) is 14.7. The molecule has 25 heavy (non-hydrogen) atoms. The van der Waals surface area contributed by atoms with E-state index in [0.29, 0.717) is 12.2 Å². The van der Waals surface area contributed by atoms with Crippen LogP contribution in [0.15, 0.2) is 36.4 Å². The number of hydrogen-bond donors (Lipinski definition) is 2. The highest BCUT2D eigenvalue weighted by Gasteiger charge is 2.21. The van der Waals surface area contributed by atoms with Crippen molar-refractivity contribution < 1.29 is 9.90 Å². The lowest BCUT2D eigenvalue weighted by atomic mass is 10.0. The van der Waals surface area contributed by atoms with Crippen molar-refractivity contribution in [3.8, 4) is 11.3 Å². The highest BCUT2D eigenvalue weighted by Crippen LogP contribution is 2.18. The molecule has 1 amide bonds. The van der Waals surface area contributed by atoms with Gasteiger partial charge in [-0.1, -0.05) is 36.8 Å². The molecule has 1 saturated heterocycles. The summed E-state index contributed by atoms with van der Waals surface area (Å²) in [6.45, 7) is 2.52. The summed E-state index contributed by atoms with van der Waals surface area (Å²) in [6, 6.07) is 11.9. The first kappa shape index (κ1) is 17.6. The molecule has 1 fully saturated rings. The number of rotatable bonds is 6. The molecule has 6 heteroatoms. The number of carbonyl (C=O) groups excluding carboxylic acids is 1. The number of aliphatic hydroxyl groups excluding tert-OH is 1. The molecule has 1 aliphatic rings. The fourth-order valence-corrected chi connectivity index (χ4v) is 3.39. The van der Waals surface area contributed by atoms with E-state index >= 15 is 0 Å². The number of nitrogens with one attached hydrogen (secondary N) is 1. The third-order valence-corrected chi connectivity index (χ3v) is 4.83. The van der Waals surface area contributed by atoms with Crippen LogP contribution in [0.3, 0.4) is 0 Å². The van der Waals surface area contributed by atoms with Crippen LogP contribution >= 0.6 is 0 Å². The van der Waals surface area contributed by atoms with E-state index in [4.69, 9.17) is 0 Å². The fraction of sp³-hybridized carbons (Fsp3) is 0.474. The van der Waals surface area contributed by atoms with Crippen molar-refractivity contribution in [3.05, 3.63) is 42.1 Å². The molecule has 6 nitrogen and oxygen atoms in total. The summed E-state index contributed by atoms with van der Waals surface area (Å²) in [5, 5.41) is 16.9. The van der Waals surface area contributed by atoms with Gasteiger partial charge in [0.05, 0.1) is 12.3 Å². The summed E-state index contributed by atoms with van der Waals surface area (Å²) in [5.41, 5.74) is 2.34. The Balaban J connectivity index is 1.57. The van der Waals surface area contributed by atoms with E-state index in [2.05, 4.69) is 15.3 Å². The maximum atomic E-state index is 12.5. The van der Waals surface area contributed by atoms with E-state index in [0.717, 1.165) is 37.2 Å². The van der Waals surface area contributed by atoms with Gasteiger partial charge in [-0.25, -0.2) is 0 Å². The number of piperidine rings is 1. The van der Waals surface area contributed by atoms with Crippen LogP contribution in [0.2, 0.25) is 0 Å². The number of hydrogen-bond acceptors (Lipinski definition) is 4. The summed E-state index contributed by atoms with van der Waals surface area (Å²) in [7, 11) is 1.79. The third kappa shape index (κ3) is 4.27. The molecule has 2 N–H and O–H groups in total. The van der Waals surface area contributed by atoms with Crippen molar-refractivity contribution in [2.75, 3.05) is 26.2 Å². The smallest absolute Gasteiger partial charge is 0.269 e. The number of amides is 1. The molecule has 134 valence electrons. The van der Waals surface area contributed by atoms with Crippen molar-refractivity contribution in [1.29, 1.82) is 0 Å². The van der Waals surface area contributed by atoms with E-state index in [1.54, 1.807) is 11.7 Å². The number of aliphatic hydroxyl groups is 1. The standard InChI is InChI=1S/C19H26N4O2/c1-22-18(13-17(21-22)15-7-3-2-4-8-15)19(25)20-10-12-23-11-6-5-9-16(23)14-24/h2-4,7-8,13,16,24H,5-6,9-12,14H2,1H3,(H,20,25)/t16-/m1/s1. The Morgan fingerprint density at radius 1 is 1.32 bits per heavy atom. The SMILES string of the molecule is Cn1nc(-c2ccccc2)cc1C(=O)NCCN1CCCC[C@@H]1CO. The molecule has 1 aromatic carbocycles. The van der Waals surface area contributed by atoms with E-state index in [1.807, 2.05) is 36.4 Å². The quantitative estimate of drug-likeness (QED) is 0.838. The first-order valence-corrected chi connectivity index (χ1v) is 8.91. The Kier molecular flexibility index (Phi) is 5.83. The summed E-state index contributed by atoms with van der Waals surface area (Å²) >= 11 is 0. The highest BCUT2D eigenvalue weighted by atomic mass is 16.3. The van der Waals surface area contributed by atoms with Crippen LogP contribution in [-0.2, 0) is 7.05 Å². The van der Waals surface area contributed by atoms with Gasteiger partial charge in [0.25, 0.3) is 5.91 Å². The lowest BCUT2D eigenvalue weighted by molar-refractivity contribution is 0.0844. The summed E-state index contributed by atoms with van der Waals surface area (Å²) in [5.74, 6) is -0.116. The predicted molar refractivity (Wildman–Crippen MR) is 97.3 cm³/mol. The van der Waals surface area contributed by atoms with Crippen LogP contribution in [0.25, 0.3) is 11.3 Å². The van der Waals surface area contributed by atoms with Crippen LogP contribution in [0, 0.1) is 0 Å². The molecule has 0 radical (unpaired) electrons. The second-order valence-corrected chi connectivity index (χ2v) is 6.53. The molecule has 0 bridgehead atoms. The van der Waals surface area contributed by atoms with Crippen molar-refractivity contribution in [2.24, 2.45) is 7.05 Å². The van der Waals surface area contributed by atoms with Crippen LogP contribution in [0.4, 0.5) is 0 Å². The highest BCUT2D eigenvalue weighted by molar-refractivity contribution is 5.93. The Hall–Kier alpha value is -2.18. The molecular formula is C19H26N4O2. The zero-order valence-electron chi connectivity index (χ0n) is 14.7. The third-order valence-electron chi connectivity index (χ3n) is 4.83. The minimum Gasteiger partial charge on any atom is -0.395 e. The molecule has 0 unspecified atom stereocenters. The van der Waals surface area contributed by atoms with Gasteiger partial charge in [0.2, 0.25) is 0 Å². The largest absolute Gasteiger partial charge is 0.395 e. The molecule has 1 aromatic heterocycles. The van der Waals surface area contributed by atoms with Gasteiger partial charge in [-0.15, -0.1) is 0 Å². The van der Waals surface area contributed by atoms with Crippen molar-refractivity contribution in [3.63, 3.8) is 0 Å². The fourth-order valence-electron chi connectivity index (χ4n) is 3.39. The van der Waals surface area contributed by atoms with Crippen LogP contribution in [-0.4, -0.2) is 58.0 Å². The van der Waals surface area contributed by atoms with Crippen molar-refractivity contribution in [2.45, 2.75) is 25.3 Å². The number of carbonyl (C=O) groups is 1. The lowest BCUT2D eigenvalue weighted by Crippen LogP contribution is -2.45. The molecule has 0 spiro atoms. The molecule has 3 rings (SSSR count). The topological polar surface area (TPSA) is 70.4 Å². The van der Waals surface area contributed by atoms with Gasteiger partial charge in [0.15, 0.2) is 0 Å². The van der Waals surface area contributed by atoms with E-state index in [1.165, 1.54) is 6.42 Å². The number of aryl methyl sites for hydroxylation is 1. The maximum Gasteiger partial charge on any atom is 0.269 e. The molecule has 0 aliphatic carbocycles. The predicted octanol–water partition coefficient (Wildman–Crippen LogP) is 1.66. The lowest BCUT2D eigenvalue weighted by Gasteiger charge is -2.34. The number of nitrogens with zero attached hydrogens (tertiary/aromatic N) is 3. The van der Waals surface area contributed by atoms with Gasteiger partial charge in [0, 0.05) is 31.7 Å². The molecule has 2 aromatic rings. The number of aromatic nitrogens is 2. The zero-order chi connectivity index (χ0) is 17.6. The van der Waals surface area contributed by atoms with Gasteiger partial charge in [0.1, 0.15) is 5.69 Å². The van der Waals surface area contributed by atoms with Crippen LogP contribution in [0.5, 0.6) is 0 Å². The van der Waals surface area contributed by atoms with Gasteiger partial charge in [-0.3, -0.25) is 14.4 Å². The molecule has 2 heterocycles. The maximum absolute atomic E-state index is 12.5. The first-order chi connectivity index (χ1) is 12.2. The van der Waals surface area contributed by atoms with Crippen LogP contribution < -0.4 is 5.32 Å².